The molecule has 120 valence electrons. The fourth-order valence-corrected chi connectivity index (χ4v) is 2.52. The standard InChI is InChI=1S/C17H17FN2O3/c18-14-5-3-12(4-6-14)10-20-8-1-2-15(17(20)22)19-16(21)13-7-9-23-11-13/h1-6,8,13H,7,9-11H2,(H,19,21)/t13-/m0/s1. The molecule has 1 saturated heterocycles. The molecule has 0 spiro atoms. The average Bonchev–Trinajstić information content (AvgIpc) is 3.08. The smallest absolute Gasteiger partial charge is 0.274 e. The van der Waals surface area contributed by atoms with Crippen LogP contribution in [0.4, 0.5) is 10.1 Å². The van der Waals surface area contributed by atoms with Crippen LogP contribution in [0.15, 0.2) is 47.4 Å². The van der Waals surface area contributed by atoms with E-state index in [0.29, 0.717) is 26.2 Å². The number of ether oxygens (including phenoxy) is 1. The second-order valence-corrected chi connectivity index (χ2v) is 5.53. The van der Waals surface area contributed by atoms with Gasteiger partial charge in [-0.25, -0.2) is 4.39 Å². The summed E-state index contributed by atoms with van der Waals surface area (Å²) in [5.41, 5.74) is 0.761. The lowest BCUT2D eigenvalue weighted by Crippen LogP contribution is -2.29. The Balaban J connectivity index is 1.76. The molecule has 1 aromatic heterocycles. The fourth-order valence-electron chi connectivity index (χ4n) is 2.52. The van der Waals surface area contributed by atoms with E-state index in [1.807, 2.05) is 0 Å². The van der Waals surface area contributed by atoms with Crippen molar-refractivity contribution >= 4 is 11.6 Å². The second-order valence-electron chi connectivity index (χ2n) is 5.53. The van der Waals surface area contributed by atoms with E-state index in [-0.39, 0.29) is 28.9 Å². The zero-order valence-electron chi connectivity index (χ0n) is 12.5. The number of amides is 1. The van der Waals surface area contributed by atoms with Gasteiger partial charge in [-0.1, -0.05) is 12.1 Å². The zero-order chi connectivity index (χ0) is 16.2. The van der Waals surface area contributed by atoms with Crippen molar-refractivity contribution in [2.45, 2.75) is 13.0 Å². The summed E-state index contributed by atoms with van der Waals surface area (Å²) in [6.45, 7) is 1.28. The third-order valence-corrected chi connectivity index (χ3v) is 3.84. The Labute approximate surface area is 132 Å². The van der Waals surface area contributed by atoms with Crippen LogP contribution in [0.5, 0.6) is 0 Å². The summed E-state index contributed by atoms with van der Waals surface area (Å²) in [5, 5.41) is 2.68. The Morgan fingerprint density at radius 1 is 1.30 bits per heavy atom. The number of pyridine rings is 1. The van der Waals surface area contributed by atoms with Gasteiger partial charge >= 0.3 is 0 Å². The highest BCUT2D eigenvalue weighted by atomic mass is 19.1. The number of benzene rings is 1. The first kappa shape index (κ1) is 15.4. The molecule has 2 aromatic rings. The Bertz CT molecular complexity index is 749. The number of hydrogen-bond acceptors (Lipinski definition) is 3. The Hall–Kier alpha value is -2.47. The van der Waals surface area contributed by atoms with E-state index in [1.165, 1.54) is 16.7 Å². The molecule has 1 aliphatic rings. The van der Waals surface area contributed by atoms with Gasteiger partial charge in [-0.3, -0.25) is 9.59 Å². The lowest BCUT2D eigenvalue weighted by molar-refractivity contribution is -0.119. The highest BCUT2D eigenvalue weighted by molar-refractivity contribution is 5.92. The highest BCUT2D eigenvalue weighted by Crippen LogP contribution is 2.14. The maximum Gasteiger partial charge on any atom is 0.274 e. The molecule has 0 radical (unpaired) electrons. The maximum atomic E-state index is 12.9. The van der Waals surface area contributed by atoms with Crippen LogP contribution >= 0.6 is 0 Å². The van der Waals surface area contributed by atoms with E-state index >= 15 is 0 Å². The van der Waals surface area contributed by atoms with Crippen molar-refractivity contribution in [3.63, 3.8) is 0 Å². The van der Waals surface area contributed by atoms with Crippen molar-refractivity contribution in [1.29, 1.82) is 0 Å². The van der Waals surface area contributed by atoms with E-state index in [9.17, 15) is 14.0 Å². The molecule has 1 aromatic carbocycles. The van der Waals surface area contributed by atoms with Gasteiger partial charge < -0.3 is 14.6 Å². The normalized spacial score (nSPS) is 17.2. The number of aromatic nitrogens is 1. The van der Waals surface area contributed by atoms with Crippen molar-refractivity contribution < 1.29 is 13.9 Å². The van der Waals surface area contributed by atoms with E-state index < -0.39 is 0 Å². The summed E-state index contributed by atoms with van der Waals surface area (Å²) >= 11 is 0. The lowest BCUT2D eigenvalue weighted by atomic mass is 10.1. The third kappa shape index (κ3) is 3.65. The minimum Gasteiger partial charge on any atom is -0.381 e. The summed E-state index contributed by atoms with van der Waals surface area (Å²) in [5.74, 6) is -0.722. The Morgan fingerprint density at radius 3 is 2.78 bits per heavy atom. The summed E-state index contributed by atoms with van der Waals surface area (Å²) < 4.78 is 19.6. The van der Waals surface area contributed by atoms with E-state index in [4.69, 9.17) is 4.74 Å². The quantitative estimate of drug-likeness (QED) is 0.938. The lowest BCUT2D eigenvalue weighted by Gasteiger charge is -2.11. The first-order valence-electron chi connectivity index (χ1n) is 7.46. The first-order chi connectivity index (χ1) is 11.1. The van der Waals surface area contributed by atoms with Gasteiger partial charge in [-0.15, -0.1) is 0 Å². The van der Waals surface area contributed by atoms with Crippen molar-refractivity contribution in [3.8, 4) is 0 Å². The molecular weight excluding hydrogens is 299 g/mol. The molecule has 1 N–H and O–H groups in total. The number of halogens is 1. The number of carbonyl (C=O) groups is 1. The van der Waals surface area contributed by atoms with Crippen LogP contribution in [0.2, 0.25) is 0 Å². The summed E-state index contributed by atoms with van der Waals surface area (Å²) in [6, 6.07) is 9.24. The maximum absolute atomic E-state index is 12.9. The zero-order valence-corrected chi connectivity index (χ0v) is 12.5. The van der Waals surface area contributed by atoms with Crippen molar-refractivity contribution in [2.24, 2.45) is 5.92 Å². The fraction of sp³-hybridized carbons (Fsp3) is 0.294. The SMILES string of the molecule is O=C(Nc1cccn(Cc2ccc(F)cc2)c1=O)[C@H]1CCOC1. The first-order valence-corrected chi connectivity index (χ1v) is 7.46. The van der Waals surface area contributed by atoms with Crippen LogP contribution in [0.1, 0.15) is 12.0 Å². The van der Waals surface area contributed by atoms with Gasteiger partial charge in [0.15, 0.2) is 0 Å². The van der Waals surface area contributed by atoms with Crippen LogP contribution < -0.4 is 10.9 Å². The van der Waals surface area contributed by atoms with Crippen LogP contribution in [-0.2, 0) is 16.1 Å². The molecule has 23 heavy (non-hydrogen) atoms. The number of anilines is 1. The monoisotopic (exact) mass is 316 g/mol. The van der Waals surface area contributed by atoms with Crippen LogP contribution in [-0.4, -0.2) is 23.7 Å². The van der Waals surface area contributed by atoms with Gasteiger partial charge in [0.1, 0.15) is 11.5 Å². The molecular formula is C17H17FN2O3. The molecule has 1 atom stereocenters. The minimum absolute atomic E-state index is 0.195. The van der Waals surface area contributed by atoms with Crippen molar-refractivity contribution in [3.05, 3.63) is 64.3 Å². The molecule has 0 unspecified atom stereocenters. The van der Waals surface area contributed by atoms with E-state index in [0.717, 1.165) is 5.56 Å². The van der Waals surface area contributed by atoms with Crippen LogP contribution in [0.25, 0.3) is 0 Å². The molecule has 0 bridgehead atoms. The topological polar surface area (TPSA) is 60.3 Å². The number of hydrogen-bond donors (Lipinski definition) is 1. The average molecular weight is 316 g/mol. The summed E-state index contributed by atoms with van der Waals surface area (Å²) in [6.07, 6.45) is 2.31. The van der Waals surface area contributed by atoms with Gasteiger partial charge in [0.25, 0.3) is 5.56 Å². The summed E-state index contributed by atoms with van der Waals surface area (Å²) in [7, 11) is 0. The van der Waals surface area contributed by atoms with Crippen molar-refractivity contribution in [2.75, 3.05) is 18.5 Å². The molecule has 1 fully saturated rings. The number of carbonyl (C=O) groups excluding carboxylic acids is 1. The van der Waals surface area contributed by atoms with Crippen molar-refractivity contribution in [1.82, 2.24) is 4.57 Å². The van der Waals surface area contributed by atoms with Gasteiger partial charge in [-0.05, 0) is 36.2 Å². The van der Waals surface area contributed by atoms with Gasteiger partial charge in [-0.2, -0.15) is 0 Å². The van der Waals surface area contributed by atoms with Gasteiger partial charge in [0.2, 0.25) is 5.91 Å². The van der Waals surface area contributed by atoms with E-state index in [1.54, 1.807) is 30.5 Å². The predicted octanol–water partition coefficient (Wildman–Crippen LogP) is 2.01. The largest absolute Gasteiger partial charge is 0.381 e. The molecule has 0 saturated carbocycles. The molecule has 1 aliphatic heterocycles. The predicted molar refractivity (Wildman–Crippen MR) is 83.8 cm³/mol. The molecule has 5 nitrogen and oxygen atoms in total. The molecule has 2 heterocycles. The second kappa shape index (κ2) is 6.75. The van der Waals surface area contributed by atoms with E-state index in [2.05, 4.69) is 5.32 Å². The number of rotatable bonds is 4. The van der Waals surface area contributed by atoms with Crippen LogP contribution in [0, 0.1) is 11.7 Å². The molecule has 0 aliphatic carbocycles. The van der Waals surface area contributed by atoms with Crippen LogP contribution in [0.3, 0.4) is 0 Å². The third-order valence-electron chi connectivity index (χ3n) is 3.84. The molecule has 1 amide bonds. The minimum atomic E-state index is -0.319. The molecule has 3 rings (SSSR count). The highest BCUT2D eigenvalue weighted by Gasteiger charge is 2.24. The Kier molecular flexibility index (Phi) is 4.52. The van der Waals surface area contributed by atoms with Gasteiger partial charge in [0.05, 0.1) is 19.1 Å². The number of nitrogens with one attached hydrogen (secondary N) is 1. The Morgan fingerprint density at radius 2 is 2.09 bits per heavy atom. The summed E-state index contributed by atoms with van der Waals surface area (Å²) in [4.78, 5) is 24.5. The molecule has 6 heteroatoms. The van der Waals surface area contributed by atoms with Gasteiger partial charge in [0, 0.05) is 12.8 Å². The number of nitrogens with zero attached hydrogens (tertiary/aromatic N) is 1.